The highest BCUT2D eigenvalue weighted by Gasteiger charge is 2.14. The van der Waals surface area contributed by atoms with Gasteiger partial charge in [0.1, 0.15) is 0 Å². The normalized spacial score (nSPS) is 9.97. The Kier molecular flexibility index (Phi) is 8.72. The standard InChI is InChI=1S/C24H15BF.C4H12N/c26-25(19-16-22-10-4-1-5-11-22,20-17-23-12-6-2-7-13-23)21-18-24-14-8-3-9-15-24;1-5(2,3)4/h1-15H;1-4H3/q-1;+1. The van der Waals surface area contributed by atoms with E-state index in [4.69, 9.17) is 0 Å². The zero-order chi connectivity index (χ0) is 22.6. The van der Waals surface area contributed by atoms with Crippen LogP contribution in [0.3, 0.4) is 0 Å². The van der Waals surface area contributed by atoms with E-state index in [1.807, 2.05) is 91.0 Å². The first kappa shape index (κ1) is 23.6. The zero-order valence-electron chi connectivity index (χ0n) is 18.6. The zero-order valence-corrected chi connectivity index (χ0v) is 18.6. The summed E-state index contributed by atoms with van der Waals surface area (Å²) in [5, 5.41) is 0. The van der Waals surface area contributed by atoms with Gasteiger partial charge in [-0.1, -0.05) is 54.6 Å². The van der Waals surface area contributed by atoms with Crippen molar-refractivity contribution in [1.29, 1.82) is 0 Å². The molecule has 0 spiro atoms. The summed E-state index contributed by atoms with van der Waals surface area (Å²) in [6.07, 6.45) is -2.97. The van der Waals surface area contributed by atoms with E-state index in [1.54, 1.807) is 0 Å². The fourth-order valence-corrected chi connectivity index (χ4v) is 2.22. The van der Waals surface area contributed by atoms with Crippen molar-refractivity contribution in [3.8, 4) is 35.2 Å². The molecule has 3 aromatic carbocycles. The minimum atomic E-state index is -2.97. The molecule has 0 radical (unpaired) electrons. The van der Waals surface area contributed by atoms with Gasteiger partial charge in [0, 0.05) is 16.7 Å². The number of hydrogen-bond acceptors (Lipinski definition) is 0. The number of rotatable bonds is 0. The van der Waals surface area contributed by atoms with Crippen LogP contribution in [0.5, 0.6) is 0 Å². The number of benzene rings is 3. The van der Waals surface area contributed by atoms with Gasteiger partial charge >= 0.3 is 6.42 Å². The molecule has 154 valence electrons. The van der Waals surface area contributed by atoms with Gasteiger partial charge < -0.3 is 8.80 Å². The lowest BCUT2D eigenvalue weighted by Gasteiger charge is -2.14. The Bertz CT molecular complexity index is 986. The predicted molar refractivity (Wildman–Crippen MR) is 131 cm³/mol. The summed E-state index contributed by atoms with van der Waals surface area (Å²) < 4.78 is 16.4. The van der Waals surface area contributed by atoms with Gasteiger partial charge in [0.25, 0.3) is 0 Å². The third-order valence-electron chi connectivity index (χ3n) is 3.57. The molecular weight excluding hydrogens is 380 g/mol. The number of nitrogens with zero attached hydrogens (tertiary/aromatic N) is 1. The van der Waals surface area contributed by atoms with Crippen molar-refractivity contribution in [2.75, 3.05) is 28.2 Å². The minimum absolute atomic E-state index is 0.736. The molecule has 3 aromatic rings. The fourth-order valence-electron chi connectivity index (χ4n) is 2.22. The van der Waals surface area contributed by atoms with Crippen LogP contribution in [0.4, 0.5) is 4.32 Å². The van der Waals surface area contributed by atoms with Crippen LogP contribution >= 0.6 is 0 Å². The van der Waals surface area contributed by atoms with E-state index >= 15 is 4.32 Å². The molecule has 0 N–H and O–H groups in total. The molecule has 0 heterocycles. The molecule has 0 unspecified atom stereocenters. The number of quaternary nitrogens is 1. The summed E-state index contributed by atoms with van der Waals surface area (Å²) >= 11 is 0. The first-order valence-corrected chi connectivity index (χ1v) is 10.1. The van der Waals surface area contributed by atoms with Crippen LogP contribution in [0, 0.1) is 35.2 Å². The molecule has 1 nitrogen and oxygen atoms in total. The van der Waals surface area contributed by atoms with Crippen molar-refractivity contribution in [3.63, 3.8) is 0 Å². The van der Waals surface area contributed by atoms with Gasteiger partial charge in [0.15, 0.2) is 0 Å². The third kappa shape index (κ3) is 10.6. The molecule has 0 saturated carbocycles. The van der Waals surface area contributed by atoms with Crippen LogP contribution < -0.4 is 0 Å². The molecule has 0 fully saturated rings. The molecule has 0 aromatic heterocycles. The highest BCUT2D eigenvalue weighted by atomic mass is 19.1. The van der Waals surface area contributed by atoms with Gasteiger partial charge in [-0.25, -0.2) is 17.5 Å². The third-order valence-corrected chi connectivity index (χ3v) is 3.57. The molecular formula is C28H27BFN. The molecule has 0 bridgehead atoms. The Morgan fingerprint density at radius 3 is 0.968 bits per heavy atom. The average molecular weight is 407 g/mol. The van der Waals surface area contributed by atoms with E-state index in [0.29, 0.717) is 0 Å². The van der Waals surface area contributed by atoms with Crippen molar-refractivity contribution in [2.45, 2.75) is 0 Å². The first-order chi connectivity index (χ1) is 14.7. The van der Waals surface area contributed by atoms with Gasteiger partial charge in [-0.3, -0.25) is 0 Å². The summed E-state index contributed by atoms with van der Waals surface area (Å²) in [4.78, 5) is 0. The van der Waals surface area contributed by atoms with E-state index in [9.17, 15) is 0 Å². The largest absolute Gasteiger partial charge is 0.472 e. The highest BCUT2D eigenvalue weighted by molar-refractivity contribution is 6.95. The number of halogens is 1. The summed E-state index contributed by atoms with van der Waals surface area (Å²) in [5.41, 5.74) is 2.21. The summed E-state index contributed by atoms with van der Waals surface area (Å²) in [6.45, 7) is 0. The van der Waals surface area contributed by atoms with Gasteiger partial charge in [-0.05, 0) is 36.4 Å². The number of hydrogen-bond donors (Lipinski definition) is 0. The van der Waals surface area contributed by atoms with Crippen LogP contribution in [0.1, 0.15) is 16.7 Å². The molecule has 0 aliphatic rings. The van der Waals surface area contributed by atoms with Crippen LogP contribution in [0.2, 0.25) is 0 Å². The predicted octanol–water partition coefficient (Wildman–Crippen LogP) is 5.00. The van der Waals surface area contributed by atoms with Gasteiger partial charge in [-0.2, -0.15) is 0 Å². The SMILES string of the molecule is C[N+](C)(C)C.F[B-](C#Cc1ccccc1)(C#Cc1ccccc1)C#Cc1ccccc1. The Labute approximate surface area is 186 Å². The van der Waals surface area contributed by atoms with E-state index in [0.717, 1.165) is 21.2 Å². The van der Waals surface area contributed by atoms with Crippen LogP contribution in [-0.2, 0) is 0 Å². The lowest BCUT2D eigenvalue weighted by atomic mass is 9.46. The molecule has 0 aliphatic heterocycles. The second-order valence-electron chi connectivity index (χ2n) is 8.35. The van der Waals surface area contributed by atoms with E-state index in [2.05, 4.69) is 63.4 Å². The van der Waals surface area contributed by atoms with Crippen molar-refractivity contribution < 1.29 is 8.80 Å². The maximum absolute atomic E-state index is 15.4. The first-order valence-electron chi connectivity index (χ1n) is 10.1. The van der Waals surface area contributed by atoms with E-state index < -0.39 is 6.42 Å². The Morgan fingerprint density at radius 2 is 0.742 bits per heavy atom. The monoisotopic (exact) mass is 407 g/mol. The average Bonchev–Trinajstić information content (AvgIpc) is 2.76. The molecule has 0 aliphatic carbocycles. The Hall–Kier alpha value is -3.71. The quantitative estimate of drug-likeness (QED) is 0.280. The van der Waals surface area contributed by atoms with Gasteiger partial charge in [-0.15, -0.1) is 17.8 Å². The minimum Gasteiger partial charge on any atom is -0.472 e. The van der Waals surface area contributed by atoms with E-state index in [-0.39, 0.29) is 0 Å². The van der Waals surface area contributed by atoms with Crippen molar-refractivity contribution in [3.05, 3.63) is 108 Å². The Balaban J connectivity index is 0.000000614. The lowest BCUT2D eigenvalue weighted by molar-refractivity contribution is -0.849. The van der Waals surface area contributed by atoms with Crippen LogP contribution in [0.25, 0.3) is 0 Å². The maximum atomic E-state index is 15.4. The highest BCUT2D eigenvalue weighted by Crippen LogP contribution is 2.05. The Morgan fingerprint density at radius 1 is 0.516 bits per heavy atom. The molecule has 3 rings (SSSR count). The smallest absolute Gasteiger partial charge is 0.358 e. The van der Waals surface area contributed by atoms with Crippen molar-refractivity contribution >= 4 is 6.42 Å². The van der Waals surface area contributed by atoms with Gasteiger partial charge in [0.05, 0.1) is 28.2 Å². The van der Waals surface area contributed by atoms with Crippen LogP contribution in [-0.4, -0.2) is 39.1 Å². The van der Waals surface area contributed by atoms with Crippen LogP contribution in [0.15, 0.2) is 91.0 Å². The van der Waals surface area contributed by atoms with Crippen molar-refractivity contribution in [2.24, 2.45) is 0 Å². The molecule has 0 saturated heterocycles. The fraction of sp³-hybridized carbons (Fsp3) is 0.143. The lowest BCUT2D eigenvalue weighted by Crippen LogP contribution is -2.27. The molecule has 0 amide bonds. The second kappa shape index (κ2) is 11.5. The van der Waals surface area contributed by atoms with E-state index in [1.165, 1.54) is 0 Å². The molecule has 0 atom stereocenters. The molecule has 31 heavy (non-hydrogen) atoms. The summed E-state index contributed by atoms with van der Waals surface area (Å²) in [6, 6.07) is 27.8. The van der Waals surface area contributed by atoms with Gasteiger partial charge in [0.2, 0.25) is 0 Å². The summed E-state index contributed by atoms with van der Waals surface area (Å²) in [5.74, 6) is 16.5. The molecule has 3 heteroatoms. The summed E-state index contributed by atoms with van der Waals surface area (Å²) in [7, 11) is 8.50. The second-order valence-corrected chi connectivity index (χ2v) is 8.35. The maximum Gasteiger partial charge on any atom is 0.358 e. The topological polar surface area (TPSA) is 0 Å². The van der Waals surface area contributed by atoms with Crippen molar-refractivity contribution in [1.82, 2.24) is 0 Å².